The molecular formula is C16H32O. The second-order valence-electron chi connectivity index (χ2n) is 6.40. The molecule has 0 aromatic rings. The van der Waals surface area contributed by atoms with Crippen LogP contribution in [0.2, 0.25) is 0 Å². The molecule has 1 aliphatic carbocycles. The lowest BCUT2D eigenvalue weighted by molar-refractivity contribution is 0.0470. The summed E-state index contributed by atoms with van der Waals surface area (Å²) in [4.78, 5) is 0. The number of rotatable bonds is 6. The van der Waals surface area contributed by atoms with E-state index >= 15 is 0 Å². The molecular weight excluding hydrogens is 208 g/mol. The first-order chi connectivity index (χ1) is 8.08. The van der Waals surface area contributed by atoms with E-state index in [-0.39, 0.29) is 6.10 Å². The quantitative estimate of drug-likeness (QED) is 0.717. The Hall–Kier alpha value is -0.0400. The van der Waals surface area contributed by atoms with Gasteiger partial charge in [-0.25, -0.2) is 0 Å². The van der Waals surface area contributed by atoms with Gasteiger partial charge in [-0.1, -0.05) is 40.5 Å². The summed E-state index contributed by atoms with van der Waals surface area (Å²) in [6, 6.07) is 0. The van der Waals surface area contributed by atoms with Crippen molar-refractivity contribution in [1.82, 2.24) is 0 Å². The summed E-state index contributed by atoms with van der Waals surface area (Å²) in [6.07, 6.45) is 8.61. The summed E-state index contributed by atoms with van der Waals surface area (Å²) < 4.78 is 0. The van der Waals surface area contributed by atoms with Gasteiger partial charge in [-0.3, -0.25) is 0 Å². The zero-order chi connectivity index (χ0) is 12.8. The van der Waals surface area contributed by atoms with Crippen LogP contribution in [0.3, 0.4) is 0 Å². The van der Waals surface area contributed by atoms with Gasteiger partial charge in [-0.05, 0) is 55.8 Å². The van der Waals surface area contributed by atoms with Crippen molar-refractivity contribution in [3.63, 3.8) is 0 Å². The highest BCUT2D eigenvalue weighted by Gasteiger charge is 2.28. The SMILES string of the molecule is CCC(CC)CC(O)C1CCC(C(C)C)CC1. The van der Waals surface area contributed by atoms with Gasteiger partial charge in [0.05, 0.1) is 6.10 Å². The maximum atomic E-state index is 10.3. The molecule has 0 saturated heterocycles. The zero-order valence-electron chi connectivity index (χ0n) is 12.3. The molecule has 1 N–H and O–H groups in total. The monoisotopic (exact) mass is 240 g/mol. The lowest BCUT2D eigenvalue weighted by Crippen LogP contribution is -2.28. The standard InChI is InChI=1S/C16H32O/c1-5-13(6-2)11-16(17)15-9-7-14(8-10-15)12(3)4/h12-17H,5-11H2,1-4H3. The normalized spacial score (nSPS) is 27.7. The van der Waals surface area contributed by atoms with Gasteiger partial charge >= 0.3 is 0 Å². The molecule has 1 atom stereocenters. The van der Waals surface area contributed by atoms with Crippen LogP contribution in [0.25, 0.3) is 0 Å². The van der Waals surface area contributed by atoms with Crippen molar-refractivity contribution in [3.8, 4) is 0 Å². The lowest BCUT2D eigenvalue weighted by Gasteiger charge is -2.34. The van der Waals surface area contributed by atoms with Crippen LogP contribution >= 0.6 is 0 Å². The van der Waals surface area contributed by atoms with Gasteiger partial charge in [0.25, 0.3) is 0 Å². The van der Waals surface area contributed by atoms with Crippen LogP contribution in [-0.2, 0) is 0 Å². The number of hydrogen-bond donors (Lipinski definition) is 1. The van der Waals surface area contributed by atoms with E-state index in [2.05, 4.69) is 27.7 Å². The molecule has 1 rings (SSSR count). The fraction of sp³-hybridized carbons (Fsp3) is 1.00. The second kappa shape index (κ2) is 7.41. The predicted molar refractivity (Wildman–Crippen MR) is 75.0 cm³/mol. The fourth-order valence-corrected chi connectivity index (χ4v) is 3.35. The first-order valence-electron chi connectivity index (χ1n) is 7.76. The first-order valence-corrected chi connectivity index (χ1v) is 7.76. The zero-order valence-corrected chi connectivity index (χ0v) is 12.3. The van der Waals surface area contributed by atoms with Crippen molar-refractivity contribution in [1.29, 1.82) is 0 Å². The summed E-state index contributed by atoms with van der Waals surface area (Å²) in [5, 5.41) is 10.3. The summed E-state index contributed by atoms with van der Waals surface area (Å²) in [6.45, 7) is 9.17. The highest BCUT2D eigenvalue weighted by Crippen LogP contribution is 2.36. The molecule has 0 heterocycles. The Bertz CT molecular complexity index is 188. The van der Waals surface area contributed by atoms with Crippen molar-refractivity contribution < 1.29 is 5.11 Å². The summed E-state index contributed by atoms with van der Waals surface area (Å²) >= 11 is 0. The van der Waals surface area contributed by atoms with Crippen molar-refractivity contribution in [2.75, 3.05) is 0 Å². The van der Waals surface area contributed by atoms with Crippen LogP contribution in [0.4, 0.5) is 0 Å². The van der Waals surface area contributed by atoms with Crippen LogP contribution in [0, 0.1) is 23.7 Å². The van der Waals surface area contributed by atoms with Gasteiger partial charge in [0.1, 0.15) is 0 Å². The van der Waals surface area contributed by atoms with Crippen LogP contribution in [0.15, 0.2) is 0 Å². The Labute approximate surface area is 108 Å². The van der Waals surface area contributed by atoms with Crippen LogP contribution in [-0.4, -0.2) is 11.2 Å². The highest BCUT2D eigenvalue weighted by atomic mass is 16.3. The lowest BCUT2D eigenvalue weighted by atomic mass is 9.74. The molecule has 0 aliphatic heterocycles. The van der Waals surface area contributed by atoms with Crippen molar-refractivity contribution in [3.05, 3.63) is 0 Å². The van der Waals surface area contributed by atoms with Crippen molar-refractivity contribution in [2.24, 2.45) is 23.7 Å². The minimum absolute atomic E-state index is 0.0342. The number of hydrogen-bond acceptors (Lipinski definition) is 1. The number of aliphatic hydroxyl groups excluding tert-OH is 1. The Kier molecular flexibility index (Phi) is 6.54. The Morgan fingerprint density at radius 2 is 1.41 bits per heavy atom. The molecule has 1 nitrogen and oxygen atoms in total. The van der Waals surface area contributed by atoms with E-state index in [0.29, 0.717) is 5.92 Å². The van der Waals surface area contributed by atoms with E-state index in [0.717, 1.165) is 24.2 Å². The van der Waals surface area contributed by atoms with Gasteiger partial charge < -0.3 is 5.11 Å². The van der Waals surface area contributed by atoms with Crippen LogP contribution in [0.5, 0.6) is 0 Å². The van der Waals surface area contributed by atoms with E-state index in [1.54, 1.807) is 0 Å². The molecule has 1 saturated carbocycles. The Morgan fingerprint density at radius 3 is 1.82 bits per heavy atom. The van der Waals surface area contributed by atoms with Crippen LogP contribution < -0.4 is 0 Å². The molecule has 1 unspecified atom stereocenters. The van der Waals surface area contributed by atoms with Gasteiger partial charge in [0, 0.05) is 0 Å². The molecule has 0 aromatic heterocycles. The molecule has 17 heavy (non-hydrogen) atoms. The average molecular weight is 240 g/mol. The minimum Gasteiger partial charge on any atom is -0.393 e. The van der Waals surface area contributed by atoms with E-state index < -0.39 is 0 Å². The summed E-state index contributed by atoms with van der Waals surface area (Å²) in [5.41, 5.74) is 0. The van der Waals surface area contributed by atoms with Crippen molar-refractivity contribution in [2.45, 2.75) is 78.7 Å². The molecule has 0 radical (unpaired) electrons. The highest BCUT2D eigenvalue weighted by molar-refractivity contribution is 4.79. The predicted octanol–water partition coefficient (Wildman–Crippen LogP) is 4.64. The Balaban J connectivity index is 2.32. The third-order valence-corrected chi connectivity index (χ3v) is 5.03. The second-order valence-corrected chi connectivity index (χ2v) is 6.40. The minimum atomic E-state index is -0.0342. The molecule has 0 aromatic carbocycles. The molecule has 0 amide bonds. The molecule has 0 bridgehead atoms. The van der Waals surface area contributed by atoms with Gasteiger partial charge in [0.15, 0.2) is 0 Å². The van der Waals surface area contributed by atoms with Crippen LogP contribution in [0.1, 0.15) is 72.6 Å². The molecule has 1 aliphatic rings. The largest absolute Gasteiger partial charge is 0.393 e. The maximum Gasteiger partial charge on any atom is 0.0571 e. The van der Waals surface area contributed by atoms with E-state index in [1.807, 2.05) is 0 Å². The third-order valence-electron chi connectivity index (χ3n) is 5.03. The molecule has 1 heteroatoms. The summed E-state index contributed by atoms with van der Waals surface area (Å²) in [7, 11) is 0. The van der Waals surface area contributed by atoms with E-state index in [4.69, 9.17) is 0 Å². The molecule has 0 spiro atoms. The van der Waals surface area contributed by atoms with Gasteiger partial charge in [-0.2, -0.15) is 0 Å². The smallest absolute Gasteiger partial charge is 0.0571 e. The first kappa shape index (κ1) is 15.0. The fourth-order valence-electron chi connectivity index (χ4n) is 3.35. The van der Waals surface area contributed by atoms with E-state index in [9.17, 15) is 5.11 Å². The third kappa shape index (κ3) is 4.62. The summed E-state index contributed by atoms with van der Waals surface area (Å²) in [5.74, 6) is 3.05. The van der Waals surface area contributed by atoms with E-state index in [1.165, 1.54) is 38.5 Å². The van der Waals surface area contributed by atoms with Crippen molar-refractivity contribution >= 4 is 0 Å². The average Bonchev–Trinajstić information content (AvgIpc) is 2.35. The Morgan fingerprint density at radius 1 is 0.941 bits per heavy atom. The maximum absolute atomic E-state index is 10.3. The van der Waals surface area contributed by atoms with Gasteiger partial charge in [0.2, 0.25) is 0 Å². The van der Waals surface area contributed by atoms with Gasteiger partial charge in [-0.15, -0.1) is 0 Å². The molecule has 102 valence electrons. The number of aliphatic hydroxyl groups is 1. The molecule has 1 fully saturated rings. The topological polar surface area (TPSA) is 20.2 Å².